The summed E-state index contributed by atoms with van der Waals surface area (Å²) in [5.41, 5.74) is 2.94. The minimum atomic E-state index is -0.490. The van der Waals surface area contributed by atoms with Crippen molar-refractivity contribution < 1.29 is 14.4 Å². The third-order valence-electron chi connectivity index (χ3n) is 5.54. The van der Waals surface area contributed by atoms with Crippen LogP contribution in [0, 0.1) is 12.8 Å². The molecule has 144 valence electrons. The molecule has 28 heavy (non-hydrogen) atoms. The first kappa shape index (κ1) is 18.4. The molecule has 4 rings (SSSR count). The average molecular weight is 376 g/mol. The Labute approximate surface area is 164 Å². The molecule has 1 aromatic heterocycles. The second kappa shape index (κ2) is 7.98. The summed E-state index contributed by atoms with van der Waals surface area (Å²) in [5, 5.41) is 14.8. The van der Waals surface area contributed by atoms with Gasteiger partial charge in [0.05, 0.1) is 6.10 Å². The molecule has 1 saturated heterocycles. The first-order chi connectivity index (χ1) is 13.6. The number of hydrogen-bond donors (Lipinski definition) is 1. The van der Waals surface area contributed by atoms with Crippen LogP contribution in [0.15, 0.2) is 65.2 Å². The number of carbonyl (C=O) groups excluding carboxylic acids is 1. The van der Waals surface area contributed by atoms with Gasteiger partial charge in [-0.05, 0) is 31.2 Å². The van der Waals surface area contributed by atoms with Gasteiger partial charge >= 0.3 is 0 Å². The molecular weight excluding hydrogens is 352 g/mol. The lowest BCUT2D eigenvalue weighted by Crippen LogP contribution is -2.40. The number of hydrogen-bond acceptors (Lipinski definition) is 4. The SMILES string of the molecule is Cc1onc(-c2ccccc2)c1C(=O)N1CCC(C(O)c2ccccc2)CC1. The number of aryl methyl sites for hydroxylation is 1. The Balaban J connectivity index is 1.47. The fraction of sp³-hybridized carbons (Fsp3) is 0.304. The predicted octanol–water partition coefficient (Wildman–Crippen LogP) is 4.24. The molecule has 0 saturated carbocycles. The van der Waals surface area contributed by atoms with Crippen LogP contribution in [0.4, 0.5) is 0 Å². The molecule has 3 aromatic rings. The highest BCUT2D eigenvalue weighted by molar-refractivity contribution is 6.00. The maximum Gasteiger partial charge on any atom is 0.259 e. The Hall–Kier alpha value is -2.92. The number of aromatic nitrogens is 1. The van der Waals surface area contributed by atoms with Crippen molar-refractivity contribution in [1.82, 2.24) is 10.1 Å². The zero-order chi connectivity index (χ0) is 19.5. The molecule has 5 heteroatoms. The summed E-state index contributed by atoms with van der Waals surface area (Å²) in [4.78, 5) is 15.0. The van der Waals surface area contributed by atoms with Crippen molar-refractivity contribution in [2.24, 2.45) is 5.92 Å². The Morgan fingerprint density at radius 1 is 1.07 bits per heavy atom. The quantitative estimate of drug-likeness (QED) is 0.740. The molecule has 1 unspecified atom stereocenters. The molecule has 1 atom stereocenters. The van der Waals surface area contributed by atoms with E-state index in [4.69, 9.17) is 4.52 Å². The van der Waals surface area contributed by atoms with Crippen molar-refractivity contribution >= 4 is 5.91 Å². The summed E-state index contributed by atoms with van der Waals surface area (Å²) in [7, 11) is 0. The van der Waals surface area contributed by atoms with E-state index in [-0.39, 0.29) is 11.8 Å². The van der Waals surface area contributed by atoms with Crippen LogP contribution in [-0.4, -0.2) is 34.2 Å². The molecule has 1 aliphatic rings. The number of amides is 1. The molecule has 2 heterocycles. The highest BCUT2D eigenvalue weighted by Gasteiger charge is 2.31. The monoisotopic (exact) mass is 376 g/mol. The van der Waals surface area contributed by atoms with E-state index in [0.29, 0.717) is 30.1 Å². The number of nitrogens with zero attached hydrogens (tertiary/aromatic N) is 2. The van der Waals surface area contributed by atoms with Crippen molar-refractivity contribution in [2.75, 3.05) is 13.1 Å². The Bertz CT molecular complexity index is 929. The Morgan fingerprint density at radius 3 is 2.32 bits per heavy atom. The number of benzene rings is 2. The van der Waals surface area contributed by atoms with Gasteiger partial charge in [-0.25, -0.2) is 0 Å². The second-order valence-electron chi connectivity index (χ2n) is 7.31. The predicted molar refractivity (Wildman–Crippen MR) is 107 cm³/mol. The molecule has 5 nitrogen and oxygen atoms in total. The highest BCUT2D eigenvalue weighted by Crippen LogP contribution is 2.32. The van der Waals surface area contributed by atoms with Gasteiger partial charge in [-0.2, -0.15) is 0 Å². The van der Waals surface area contributed by atoms with E-state index in [1.165, 1.54) is 0 Å². The average Bonchev–Trinajstić information content (AvgIpc) is 3.15. The van der Waals surface area contributed by atoms with Gasteiger partial charge in [0.15, 0.2) is 0 Å². The summed E-state index contributed by atoms with van der Waals surface area (Å²) in [5.74, 6) is 0.643. The molecular formula is C23H24N2O3. The third kappa shape index (κ3) is 3.58. The summed E-state index contributed by atoms with van der Waals surface area (Å²) >= 11 is 0. The topological polar surface area (TPSA) is 66.6 Å². The van der Waals surface area contributed by atoms with Crippen LogP contribution in [0.25, 0.3) is 11.3 Å². The van der Waals surface area contributed by atoms with Gasteiger partial charge in [-0.15, -0.1) is 0 Å². The van der Waals surface area contributed by atoms with Gasteiger partial charge < -0.3 is 14.5 Å². The van der Waals surface area contributed by atoms with Gasteiger partial charge in [0, 0.05) is 18.7 Å². The van der Waals surface area contributed by atoms with Crippen molar-refractivity contribution in [3.8, 4) is 11.3 Å². The highest BCUT2D eigenvalue weighted by atomic mass is 16.5. The number of aliphatic hydroxyl groups excluding tert-OH is 1. The summed E-state index contributed by atoms with van der Waals surface area (Å²) in [6.45, 7) is 3.01. The van der Waals surface area contributed by atoms with E-state index in [1.54, 1.807) is 6.92 Å². The maximum atomic E-state index is 13.2. The van der Waals surface area contributed by atoms with E-state index >= 15 is 0 Å². The maximum absolute atomic E-state index is 13.2. The van der Waals surface area contributed by atoms with E-state index in [9.17, 15) is 9.90 Å². The molecule has 1 N–H and O–H groups in total. The van der Waals surface area contributed by atoms with Crippen molar-refractivity contribution in [3.63, 3.8) is 0 Å². The molecule has 0 spiro atoms. The van der Waals surface area contributed by atoms with E-state index in [2.05, 4.69) is 5.16 Å². The lowest BCUT2D eigenvalue weighted by Gasteiger charge is -2.34. The van der Waals surface area contributed by atoms with Gasteiger partial charge in [0.2, 0.25) is 0 Å². The zero-order valence-corrected chi connectivity index (χ0v) is 15.9. The molecule has 1 amide bonds. The number of carbonyl (C=O) groups is 1. The van der Waals surface area contributed by atoms with Gasteiger partial charge in [0.25, 0.3) is 5.91 Å². The Morgan fingerprint density at radius 2 is 1.68 bits per heavy atom. The van der Waals surface area contributed by atoms with Gasteiger partial charge in [0.1, 0.15) is 17.0 Å². The molecule has 0 bridgehead atoms. The van der Waals surface area contributed by atoms with Crippen LogP contribution in [-0.2, 0) is 0 Å². The van der Waals surface area contributed by atoms with Crippen LogP contribution >= 0.6 is 0 Å². The van der Waals surface area contributed by atoms with Crippen LogP contribution in [0.5, 0.6) is 0 Å². The lowest BCUT2D eigenvalue weighted by atomic mass is 9.87. The third-order valence-corrected chi connectivity index (χ3v) is 5.54. The summed E-state index contributed by atoms with van der Waals surface area (Å²) in [6.07, 6.45) is 1.05. The number of rotatable bonds is 4. The molecule has 0 radical (unpaired) electrons. The van der Waals surface area contributed by atoms with Crippen molar-refractivity contribution in [3.05, 3.63) is 77.6 Å². The number of likely N-dealkylation sites (tertiary alicyclic amines) is 1. The minimum absolute atomic E-state index is 0.0507. The fourth-order valence-electron chi connectivity index (χ4n) is 3.92. The summed E-state index contributed by atoms with van der Waals surface area (Å²) < 4.78 is 5.34. The number of piperidine rings is 1. The van der Waals surface area contributed by atoms with Gasteiger partial charge in [-0.1, -0.05) is 65.8 Å². The van der Waals surface area contributed by atoms with E-state index in [1.807, 2.05) is 65.6 Å². The van der Waals surface area contributed by atoms with E-state index in [0.717, 1.165) is 24.0 Å². The van der Waals surface area contributed by atoms with Crippen molar-refractivity contribution in [2.45, 2.75) is 25.9 Å². The second-order valence-corrected chi connectivity index (χ2v) is 7.31. The zero-order valence-electron chi connectivity index (χ0n) is 15.9. The lowest BCUT2D eigenvalue weighted by molar-refractivity contribution is 0.0461. The largest absolute Gasteiger partial charge is 0.388 e. The fourth-order valence-corrected chi connectivity index (χ4v) is 3.92. The smallest absolute Gasteiger partial charge is 0.259 e. The van der Waals surface area contributed by atoms with Crippen LogP contribution in [0.1, 0.15) is 40.6 Å². The molecule has 0 aliphatic carbocycles. The first-order valence-corrected chi connectivity index (χ1v) is 9.69. The van der Waals surface area contributed by atoms with Crippen LogP contribution < -0.4 is 0 Å². The molecule has 2 aromatic carbocycles. The first-order valence-electron chi connectivity index (χ1n) is 9.69. The Kier molecular flexibility index (Phi) is 5.26. The van der Waals surface area contributed by atoms with Crippen LogP contribution in [0.3, 0.4) is 0 Å². The van der Waals surface area contributed by atoms with E-state index < -0.39 is 6.10 Å². The normalized spacial score (nSPS) is 16.1. The van der Waals surface area contributed by atoms with Crippen LogP contribution in [0.2, 0.25) is 0 Å². The molecule has 1 aliphatic heterocycles. The van der Waals surface area contributed by atoms with Crippen molar-refractivity contribution in [1.29, 1.82) is 0 Å². The number of aliphatic hydroxyl groups is 1. The summed E-state index contributed by atoms with van der Waals surface area (Å²) in [6, 6.07) is 19.4. The van der Waals surface area contributed by atoms with Gasteiger partial charge in [-0.3, -0.25) is 4.79 Å². The molecule has 1 fully saturated rings. The standard InChI is InChI=1S/C23H24N2O3/c1-16-20(21(24-28-16)17-8-4-2-5-9-17)23(27)25-14-12-19(13-15-25)22(26)18-10-6-3-7-11-18/h2-11,19,22,26H,12-15H2,1H3. The minimum Gasteiger partial charge on any atom is -0.388 e.